The molecule has 0 amide bonds. The van der Waals surface area contributed by atoms with E-state index in [4.69, 9.17) is 0 Å². The highest BCUT2D eigenvalue weighted by Gasteiger charge is 2.11. The second kappa shape index (κ2) is 7.02. The Morgan fingerprint density at radius 2 is 2.20 bits per heavy atom. The summed E-state index contributed by atoms with van der Waals surface area (Å²) in [6.07, 6.45) is 3.69. The van der Waals surface area contributed by atoms with Crippen LogP contribution in [0.4, 0.5) is 0 Å². The number of hydrogen-bond acceptors (Lipinski definition) is 2. The van der Waals surface area contributed by atoms with Gasteiger partial charge in [-0.15, -0.1) is 11.3 Å². The SMILES string of the molecule is CCCNC(Cc1cccs1)CC(C)C. The highest BCUT2D eigenvalue weighted by atomic mass is 32.1. The molecule has 0 aromatic carbocycles. The van der Waals surface area contributed by atoms with Crippen molar-refractivity contribution in [2.24, 2.45) is 5.92 Å². The highest BCUT2D eigenvalue weighted by molar-refractivity contribution is 7.09. The van der Waals surface area contributed by atoms with Crippen molar-refractivity contribution in [3.05, 3.63) is 22.4 Å². The Morgan fingerprint density at radius 3 is 2.73 bits per heavy atom. The van der Waals surface area contributed by atoms with Gasteiger partial charge >= 0.3 is 0 Å². The van der Waals surface area contributed by atoms with Crippen LogP contribution in [0.25, 0.3) is 0 Å². The van der Waals surface area contributed by atoms with Gasteiger partial charge in [0.2, 0.25) is 0 Å². The van der Waals surface area contributed by atoms with Crippen molar-refractivity contribution >= 4 is 11.3 Å². The van der Waals surface area contributed by atoms with Crippen molar-refractivity contribution in [3.8, 4) is 0 Å². The molecule has 86 valence electrons. The van der Waals surface area contributed by atoms with E-state index >= 15 is 0 Å². The molecule has 1 aromatic rings. The maximum atomic E-state index is 3.65. The van der Waals surface area contributed by atoms with Crippen LogP contribution in [0.15, 0.2) is 17.5 Å². The molecule has 1 aromatic heterocycles. The highest BCUT2D eigenvalue weighted by Crippen LogP contribution is 2.15. The molecular weight excluding hydrogens is 202 g/mol. The van der Waals surface area contributed by atoms with E-state index < -0.39 is 0 Å². The van der Waals surface area contributed by atoms with Crippen LogP contribution in [0, 0.1) is 5.92 Å². The molecule has 0 fully saturated rings. The standard InChI is InChI=1S/C13H23NS/c1-4-7-14-12(9-11(2)3)10-13-6-5-8-15-13/h5-6,8,11-12,14H,4,7,9-10H2,1-3H3. The molecule has 15 heavy (non-hydrogen) atoms. The summed E-state index contributed by atoms with van der Waals surface area (Å²) in [5, 5.41) is 5.81. The first kappa shape index (κ1) is 12.7. The van der Waals surface area contributed by atoms with Crippen LogP contribution in [0.2, 0.25) is 0 Å². The molecular formula is C13H23NS. The molecule has 1 heterocycles. The minimum atomic E-state index is 0.656. The van der Waals surface area contributed by atoms with Gasteiger partial charge in [0.1, 0.15) is 0 Å². The number of rotatable bonds is 7. The minimum absolute atomic E-state index is 0.656. The fraction of sp³-hybridized carbons (Fsp3) is 0.692. The lowest BCUT2D eigenvalue weighted by Crippen LogP contribution is -2.32. The van der Waals surface area contributed by atoms with Crippen LogP contribution < -0.4 is 5.32 Å². The van der Waals surface area contributed by atoms with Gasteiger partial charge < -0.3 is 5.32 Å². The zero-order chi connectivity index (χ0) is 11.1. The maximum Gasteiger partial charge on any atom is 0.0118 e. The van der Waals surface area contributed by atoms with Crippen LogP contribution in [-0.2, 0) is 6.42 Å². The van der Waals surface area contributed by atoms with E-state index in [1.165, 1.54) is 24.1 Å². The second-order valence-corrected chi connectivity index (χ2v) is 5.60. The molecule has 1 N–H and O–H groups in total. The first-order valence-electron chi connectivity index (χ1n) is 5.98. The Balaban J connectivity index is 2.41. The number of nitrogens with one attached hydrogen (secondary N) is 1. The molecule has 1 rings (SSSR count). The zero-order valence-corrected chi connectivity index (χ0v) is 10.9. The van der Waals surface area contributed by atoms with Gasteiger partial charge in [0.25, 0.3) is 0 Å². The predicted molar refractivity (Wildman–Crippen MR) is 69.6 cm³/mol. The third-order valence-corrected chi connectivity index (χ3v) is 3.37. The second-order valence-electron chi connectivity index (χ2n) is 4.56. The molecule has 0 spiro atoms. The van der Waals surface area contributed by atoms with Gasteiger partial charge in [-0.1, -0.05) is 26.8 Å². The van der Waals surface area contributed by atoms with Crippen molar-refractivity contribution in [1.29, 1.82) is 0 Å². The quantitative estimate of drug-likeness (QED) is 0.746. The van der Waals surface area contributed by atoms with E-state index in [0.717, 1.165) is 12.5 Å². The molecule has 0 bridgehead atoms. The Kier molecular flexibility index (Phi) is 5.96. The first-order valence-corrected chi connectivity index (χ1v) is 6.86. The Bertz CT molecular complexity index is 241. The number of thiophene rings is 1. The fourth-order valence-corrected chi connectivity index (χ4v) is 2.61. The Labute approximate surface area is 97.9 Å². The van der Waals surface area contributed by atoms with Crippen LogP contribution >= 0.6 is 11.3 Å². The van der Waals surface area contributed by atoms with E-state index in [1.54, 1.807) is 0 Å². The van der Waals surface area contributed by atoms with Gasteiger partial charge in [-0.3, -0.25) is 0 Å². The summed E-state index contributed by atoms with van der Waals surface area (Å²) >= 11 is 1.87. The smallest absolute Gasteiger partial charge is 0.0118 e. The van der Waals surface area contributed by atoms with E-state index in [2.05, 4.69) is 43.6 Å². The van der Waals surface area contributed by atoms with Gasteiger partial charge in [-0.25, -0.2) is 0 Å². The molecule has 0 aliphatic rings. The van der Waals surface area contributed by atoms with Crippen molar-refractivity contribution < 1.29 is 0 Å². The molecule has 1 nitrogen and oxygen atoms in total. The summed E-state index contributed by atoms with van der Waals surface area (Å²) < 4.78 is 0. The van der Waals surface area contributed by atoms with E-state index in [0.29, 0.717) is 6.04 Å². The van der Waals surface area contributed by atoms with Gasteiger partial charge in [0, 0.05) is 10.9 Å². The maximum absolute atomic E-state index is 3.65. The largest absolute Gasteiger partial charge is 0.314 e. The normalized spacial score (nSPS) is 13.3. The fourth-order valence-electron chi connectivity index (χ4n) is 1.83. The monoisotopic (exact) mass is 225 g/mol. The molecule has 2 heteroatoms. The van der Waals surface area contributed by atoms with Crippen LogP contribution in [0.1, 0.15) is 38.5 Å². The molecule has 0 aliphatic heterocycles. The summed E-state index contributed by atoms with van der Waals surface area (Å²) in [6, 6.07) is 5.04. The molecule has 1 atom stereocenters. The minimum Gasteiger partial charge on any atom is -0.314 e. The van der Waals surface area contributed by atoms with Crippen molar-refractivity contribution in [2.45, 2.75) is 46.1 Å². The Hall–Kier alpha value is -0.340. The molecule has 1 unspecified atom stereocenters. The van der Waals surface area contributed by atoms with Crippen LogP contribution in [0.5, 0.6) is 0 Å². The van der Waals surface area contributed by atoms with Gasteiger partial charge in [0.15, 0.2) is 0 Å². The van der Waals surface area contributed by atoms with E-state index in [9.17, 15) is 0 Å². The summed E-state index contributed by atoms with van der Waals surface area (Å²) in [5.41, 5.74) is 0. The predicted octanol–water partition coefficient (Wildman–Crippen LogP) is 3.70. The first-order chi connectivity index (χ1) is 7.22. The lowest BCUT2D eigenvalue weighted by Gasteiger charge is -2.19. The third-order valence-electron chi connectivity index (χ3n) is 2.47. The van der Waals surface area contributed by atoms with Gasteiger partial charge in [-0.2, -0.15) is 0 Å². The van der Waals surface area contributed by atoms with Crippen molar-refractivity contribution in [1.82, 2.24) is 5.32 Å². The molecule has 0 saturated carbocycles. The number of hydrogen-bond donors (Lipinski definition) is 1. The average molecular weight is 225 g/mol. The average Bonchev–Trinajstić information content (AvgIpc) is 2.66. The van der Waals surface area contributed by atoms with Gasteiger partial charge in [0.05, 0.1) is 0 Å². The summed E-state index contributed by atoms with van der Waals surface area (Å²) in [7, 11) is 0. The Morgan fingerprint density at radius 1 is 1.40 bits per heavy atom. The zero-order valence-electron chi connectivity index (χ0n) is 10.1. The molecule has 0 aliphatic carbocycles. The molecule has 0 radical (unpaired) electrons. The van der Waals surface area contributed by atoms with Crippen molar-refractivity contribution in [2.75, 3.05) is 6.54 Å². The lowest BCUT2D eigenvalue weighted by molar-refractivity contribution is 0.418. The third kappa shape index (κ3) is 5.33. The topological polar surface area (TPSA) is 12.0 Å². The van der Waals surface area contributed by atoms with Gasteiger partial charge in [-0.05, 0) is 43.2 Å². The summed E-state index contributed by atoms with van der Waals surface area (Å²) in [6.45, 7) is 7.97. The van der Waals surface area contributed by atoms with Crippen LogP contribution in [0.3, 0.4) is 0 Å². The van der Waals surface area contributed by atoms with Crippen LogP contribution in [-0.4, -0.2) is 12.6 Å². The van der Waals surface area contributed by atoms with E-state index in [1.807, 2.05) is 11.3 Å². The molecule has 0 saturated heterocycles. The summed E-state index contributed by atoms with van der Waals surface area (Å²) in [5.74, 6) is 0.777. The van der Waals surface area contributed by atoms with E-state index in [-0.39, 0.29) is 0 Å². The summed E-state index contributed by atoms with van der Waals surface area (Å²) in [4.78, 5) is 1.50. The lowest BCUT2D eigenvalue weighted by atomic mass is 10.0. The van der Waals surface area contributed by atoms with Crippen molar-refractivity contribution in [3.63, 3.8) is 0 Å².